The van der Waals surface area contributed by atoms with Crippen LogP contribution in [-0.2, 0) is 32.7 Å². The number of allylic oxidation sites excluding steroid dienone is 14. The molecule has 1 N–H and O–H groups in total. The van der Waals surface area contributed by atoms with Crippen molar-refractivity contribution in [2.75, 3.05) is 47.5 Å². The van der Waals surface area contributed by atoms with Gasteiger partial charge < -0.3 is 18.9 Å². The maximum Gasteiger partial charge on any atom is 0.472 e. The molecular formula is C58H103NO8P+. The second kappa shape index (κ2) is 49.2. The minimum atomic E-state index is -4.39. The average molecular weight is 973 g/mol. The predicted molar refractivity (Wildman–Crippen MR) is 289 cm³/mol. The van der Waals surface area contributed by atoms with Gasteiger partial charge in [-0.05, 0) is 83.5 Å². The van der Waals surface area contributed by atoms with Crippen LogP contribution >= 0.6 is 7.82 Å². The number of ether oxygens (including phenoxy) is 2. The zero-order valence-electron chi connectivity index (χ0n) is 44.3. The zero-order valence-corrected chi connectivity index (χ0v) is 45.2. The van der Waals surface area contributed by atoms with Crippen LogP contribution in [0.3, 0.4) is 0 Å². The lowest BCUT2D eigenvalue weighted by atomic mass is 10.0. The fourth-order valence-corrected chi connectivity index (χ4v) is 8.00. The van der Waals surface area contributed by atoms with Gasteiger partial charge in [-0.1, -0.05) is 208 Å². The third-order valence-corrected chi connectivity index (χ3v) is 12.4. The van der Waals surface area contributed by atoms with E-state index in [-0.39, 0.29) is 26.1 Å². The van der Waals surface area contributed by atoms with E-state index in [1.54, 1.807) is 0 Å². The molecule has 392 valence electrons. The van der Waals surface area contributed by atoms with Crippen LogP contribution in [0.25, 0.3) is 0 Å². The maximum atomic E-state index is 12.8. The summed E-state index contributed by atoms with van der Waals surface area (Å²) < 4.78 is 34.4. The molecule has 0 bridgehead atoms. The molecule has 68 heavy (non-hydrogen) atoms. The first kappa shape index (κ1) is 65.2. The number of quaternary nitrogens is 1. The van der Waals surface area contributed by atoms with Crippen LogP contribution in [-0.4, -0.2) is 74.9 Å². The highest BCUT2D eigenvalue weighted by molar-refractivity contribution is 7.47. The Hall–Kier alpha value is -2.81. The van der Waals surface area contributed by atoms with Gasteiger partial charge >= 0.3 is 19.8 Å². The Labute approximate surface area is 418 Å². The van der Waals surface area contributed by atoms with Crippen molar-refractivity contribution in [2.45, 2.75) is 225 Å². The fourth-order valence-electron chi connectivity index (χ4n) is 7.26. The number of likely N-dealkylation sites (N-methyl/N-ethyl adjacent to an activating group) is 1. The molecule has 0 heterocycles. The van der Waals surface area contributed by atoms with Gasteiger partial charge in [0, 0.05) is 12.8 Å². The second-order valence-corrected chi connectivity index (χ2v) is 20.7. The highest BCUT2D eigenvalue weighted by Gasteiger charge is 2.27. The Morgan fingerprint density at radius 1 is 0.456 bits per heavy atom. The van der Waals surface area contributed by atoms with Crippen molar-refractivity contribution < 1.29 is 42.1 Å². The summed E-state index contributed by atoms with van der Waals surface area (Å²) in [4.78, 5) is 35.5. The minimum absolute atomic E-state index is 0.0244. The summed E-state index contributed by atoms with van der Waals surface area (Å²) in [5.74, 6) is -0.832. The third kappa shape index (κ3) is 52.6. The SMILES string of the molecule is CC/C=C\C/C=C\C/C=C\C/C=C\CCCCCCCCCCCCCCCCCCCCC(=O)OC(COC(=O)CCCCC/C=C\C/C=C\C/C=C\CC)COP(=O)(O)OCC[N+](C)(C)C. The Morgan fingerprint density at radius 2 is 0.794 bits per heavy atom. The summed E-state index contributed by atoms with van der Waals surface area (Å²) in [6.45, 7) is 4.17. The molecule has 0 saturated carbocycles. The second-order valence-electron chi connectivity index (χ2n) is 19.2. The van der Waals surface area contributed by atoms with Gasteiger partial charge in [0.05, 0.1) is 27.7 Å². The smallest absolute Gasteiger partial charge is 0.462 e. The Kier molecular flexibility index (Phi) is 47.2. The normalized spacial score (nSPS) is 14.0. The molecule has 0 aliphatic rings. The largest absolute Gasteiger partial charge is 0.472 e. The van der Waals surface area contributed by atoms with Crippen molar-refractivity contribution in [3.05, 3.63) is 85.1 Å². The van der Waals surface area contributed by atoms with E-state index < -0.39 is 32.5 Å². The van der Waals surface area contributed by atoms with Gasteiger partial charge in [0.1, 0.15) is 19.8 Å². The number of unbranched alkanes of at least 4 members (excludes halogenated alkanes) is 21. The third-order valence-electron chi connectivity index (χ3n) is 11.4. The average Bonchev–Trinajstić information content (AvgIpc) is 3.30. The summed E-state index contributed by atoms with van der Waals surface area (Å²) in [5.41, 5.74) is 0. The molecule has 0 aliphatic carbocycles. The van der Waals surface area contributed by atoms with E-state index in [4.69, 9.17) is 18.5 Å². The Morgan fingerprint density at radius 3 is 1.19 bits per heavy atom. The summed E-state index contributed by atoms with van der Waals surface area (Å²) in [5, 5.41) is 0. The molecule has 0 fully saturated rings. The molecule has 0 radical (unpaired) electrons. The van der Waals surface area contributed by atoms with E-state index in [0.29, 0.717) is 23.9 Å². The van der Waals surface area contributed by atoms with Crippen LogP contribution < -0.4 is 0 Å². The van der Waals surface area contributed by atoms with Crippen LogP contribution in [0.5, 0.6) is 0 Å². The number of nitrogens with zero attached hydrogens (tertiary/aromatic N) is 1. The van der Waals surface area contributed by atoms with Crippen molar-refractivity contribution in [2.24, 2.45) is 0 Å². The standard InChI is InChI=1S/C58H102NO8P/c1-6-8-10-12-14-16-18-20-21-22-23-24-25-26-27-28-29-30-31-32-33-34-35-36-37-39-41-43-45-47-49-51-58(61)67-56(55-66-68(62,63)65-53-52-59(3,4)5)54-64-57(60)50-48-46-44-42-40-38-19-17-15-13-11-9-7-2/h8-11,14-17,20-21,23-24,38,40,56H,6-7,12-13,18-19,22,25-37,39,41-55H2,1-5H3/p+1/b10-8-,11-9-,16-14-,17-15-,21-20-,24-23-,40-38-. The van der Waals surface area contributed by atoms with Crippen molar-refractivity contribution >= 4 is 19.8 Å². The fraction of sp³-hybridized carbons (Fsp3) is 0.724. The van der Waals surface area contributed by atoms with E-state index in [2.05, 4.69) is 98.9 Å². The summed E-state index contributed by atoms with van der Waals surface area (Å²) in [7, 11) is 1.46. The molecular weight excluding hydrogens is 870 g/mol. The van der Waals surface area contributed by atoms with Crippen molar-refractivity contribution in [1.29, 1.82) is 0 Å². The van der Waals surface area contributed by atoms with Gasteiger partial charge in [0.2, 0.25) is 0 Å². The van der Waals surface area contributed by atoms with Crippen molar-refractivity contribution in [1.82, 2.24) is 0 Å². The van der Waals surface area contributed by atoms with Gasteiger partial charge in [-0.25, -0.2) is 4.57 Å². The number of carbonyl (C=O) groups excluding carboxylic acids is 2. The number of esters is 2. The van der Waals surface area contributed by atoms with E-state index >= 15 is 0 Å². The lowest BCUT2D eigenvalue weighted by Gasteiger charge is -2.24. The predicted octanol–water partition coefficient (Wildman–Crippen LogP) is 16.7. The molecule has 2 atom stereocenters. The molecule has 2 unspecified atom stereocenters. The number of phosphoric ester groups is 1. The number of hydrogen-bond acceptors (Lipinski definition) is 7. The minimum Gasteiger partial charge on any atom is -0.462 e. The number of carbonyl (C=O) groups is 2. The van der Waals surface area contributed by atoms with Crippen LogP contribution in [0.1, 0.15) is 219 Å². The molecule has 9 nitrogen and oxygen atoms in total. The molecule has 0 aromatic heterocycles. The lowest BCUT2D eigenvalue weighted by Crippen LogP contribution is -2.37. The number of rotatable bonds is 49. The van der Waals surface area contributed by atoms with Gasteiger partial charge in [-0.15, -0.1) is 0 Å². The highest BCUT2D eigenvalue weighted by atomic mass is 31.2. The molecule has 0 aromatic rings. The van der Waals surface area contributed by atoms with E-state index in [0.717, 1.165) is 83.5 Å². The molecule has 0 aromatic carbocycles. The Balaban J connectivity index is 4.08. The van der Waals surface area contributed by atoms with E-state index in [9.17, 15) is 19.0 Å². The summed E-state index contributed by atoms with van der Waals surface area (Å²) >= 11 is 0. The Bertz CT molecular complexity index is 1420. The number of hydrogen-bond donors (Lipinski definition) is 1. The monoisotopic (exact) mass is 973 g/mol. The molecule has 0 saturated heterocycles. The van der Waals surface area contributed by atoms with Crippen LogP contribution in [0.4, 0.5) is 0 Å². The number of phosphoric acid groups is 1. The highest BCUT2D eigenvalue weighted by Crippen LogP contribution is 2.43. The molecule has 0 spiro atoms. The zero-order chi connectivity index (χ0) is 49.9. The van der Waals surface area contributed by atoms with Gasteiger partial charge in [0.25, 0.3) is 0 Å². The van der Waals surface area contributed by atoms with Crippen molar-refractivity contribution in [3.8, 4) is 0 Å². The lowest BCUT2D eigenvalue weighted by molar-refractivity contribution is -0.870. The van der Waals surface area contributed by atoms with Crippen LogP contribution in [0, 0.1) is 0 Å². The van der Waals surface area contributed by atoms with Crippen LogP contribution in [0.15, 0.2) is 85.1 Å². The summed E-state index contributed by atoms with van der Waals surface area (Å²) in [6, 6.07) is 0. The quantitative estimate of drug-likeness (QED) is 0.0211. The molecule has 10 heteroatoms. The molecule has 0 rings (SSSR count). The first-order valence-electron chi connectivity index (χ1n) is 27.3. The topological polar surface area (TPSA) is 108 Å². The van der Waals surface area contributed by atoms with E-state index in [1.165, 1.54) is 96.3 Å². The van der Waals surface area contributed by atoms with Crippen LogP contribution in [0.2, 0.25) is 0 Å². The first-order valence-corrected chi connectivity index (χ1v) is 28.8. The van der Waals surface area contributed by atoms with E-state index in [1.807, 2.05) is 21.1 Å². The molecule has 0 amide bonds. The first-order chi connectivity index (χ1) is 33.0. The maximum absolute atomic E-state index is 12.8. The van der Waals surface area contributed by atoms with Crippen molar-refractivity contribution in [3.63, 3.8) is 0 Å². The van der Waals surface area contributed by atoms with Gasteiger partial charge in [0.15, 0.2) is 6.10 Å². The molecule has 0 aliphatic heterocycles. The summed E-state index contributed by atoms with van der Waals surface area (Å²) in [6.07, 6.45) is 65.2. The van der Waals surface area contributed by atoms with Gasteiger partial charge in [-0.3, -0.25) is 18.6 Å². The van der Waals surface area contributed by atoms with Gasteiger partial charge in [-0.2, -0.15) is 0 Å².